The predicted molar refractivity (Wildman–Crippen MR) is 29.1 cm³/mol. The molecule has 7 heavy (non-hydrogen) atoms. The monoisotopic (exact) mass is 98.1 g/mol. The first kappa shape index (κ1) is 4.69. The maximum absolute atomic E-state index is 8.77. The minimum Gasteiger partial charge on any atom is -0.512 e. The highest BCUT2D eigenvalue weighted by atomic mass is 16.3. The van der Waals surface area contributed by atoms with Gasteiger partial charge in [0, 0.05) is 5.92 Å². The van der Waals surface area contributed by atoms with Crippen LogP contribution in [-0.2, 0) is 0 Å². The van der Waals surface area contributed by atoms with E-state index in [1.165, 1.54) is 5.57 Å². The zero-order chi connectivity index (χ0) is 5.44. The van der Waals surface area contributed by atoms with Gasteiger partial charge < -0.3 is 5.11 Å². The topological polar surface area (TPSA) is 20.2 Å². The van der Waals surface area contributed by atoms with Crippen LogP contribution in [0, 0.1) is 5.92 Å². The number of rotatable bonds is 1. The zero-order valence-electron chi connectivity index (χ0n) is 4.73. The Bertz CT molecular complexity index is 113. The summed E-state index contributed by atoms with van der Waals surface area (Å²) in [7, 11) is 0. The van der Waals surface area contributed by atoms with Gasteiger partial charge in [0.25, 0.3) is 0 Å². The van der Waals surface area contributed by atoms with E-state index in [0.717, 1.165) is 6.42 Å². The van der Waals surface area contributed by atoms with Crippen LogP contribution in [0.4, 0.5) is 0 Å². The van der Waals surface area contributed by atoms with Crippen LogP contribution in [0.15, 0.2) is 11.3 Å². The highest BCUT2D eigenvalue weighted by Gasteiger charge is 2.29. The van der Waals surface area contributed by atoms with E-state index in [0.29, 0.717) is 11.7 Å². The Morgan fingerprint density at radius 3 is 2.14 bits per heavy atom. The van der Waals surface area contributed by atoms with Gasteiger partial charge in [0.05, 0.1) is 5.76 Å². The molecule has 1 aliphatic carbocycles. The summed E-state index contributed by atoms with van der Waals surface area (Å²) in [5.74, 6) is 1.05. The molecule has 0 aromatic carbocycles. The average Bonchev–Trinajstić information content (AvgIpc) is 2.17. The molecule has 1 N–H and O–H groups in total. The van der Waals surface area contributed by atoms with Crippen LogP contribution in [-0.4, -0.2) is 5.11 Å². The molecule has 0 amide bonds. The summed E-state index contributed by atoms with van der Waals surface area (Å²) in [4.78, 5) is 0. The number of aliphatic hydroxyl groups is 1. The van der Waals surface area contributed by atoms with Crippen molar-refractivity contribution in [1.82, 2.24) is 0 Å². The fourth-order valence-corrected chi connectivity index (χ4v) is 0.866. The Hall–Kier alpha value is -0.460. The van der Waals surface area contributed by atoms with Crippen LogP contribution in [0.5, 0.6) is 0 Å². The molecule has 1 rings (SSSR count). The molecule has 0 aromatic heterocycles. The highest BCUT2D eigenvalue weighted by molar-refractivity contribution is 5.33. The van der Waals surface area contributed by atoms with E-state index < -0.39 is 0 Å². The fraction of sp³-hybridized carbons (Fsp3) is 0.667. The van der Waals surface area contributed by atoms with Gasteiger partial charge in [-0.05, 0) is 12.0 Å². The standard InChI is InChI=1S/C6H10O/c1-3-5-4(2)6(5)7/h4,7H,3H2,1-2H3. The summed E-state index contributed by atoms with van der Waals surface area (Å²) in [6.45, 7) is 4.09. The second-order valence-corrected chi connectivity index (χ2v) is 1.99. The van der Waals surface area contributed by atoms with E-state index in [2.05, 4.69) is 6.92 Å². The molecule has 0 saturated heterocycles. The molecule has 0 saturated carbocycles. The van der Waals surface area contributed by atoms with E-state index in [1.807, 2.05) is 6.92 Å². The fourth-order valence-electron chi connectivity index (χ4n) is 0.866. The largest absolute Gasteiger partial charge is 0.512 e. The van der Waals surface area contributed by atoms with Gasteiger partial charge in [-0.25, -0.2) is 0 Å². The molecule has 0 heterocycles. The average molecular weight is 98.1 g/mol. The van der Waals surface area contributed by atoms with Crippen molar-refractivity contribution in [2.75, 3.05) is 0 Å². The molecular formula is C6H10O. The van der Waals surface area contributed by atoms with Gasteiger partial charge in [-0.15, -0.1) is 0 Å². The zero-order valence-corrected chi connectivity index (χ0v) is 4.73. The first-order valence-corrected chi connectivity index (χ1v) is 2.69. The summed E-state index contributed by atoms with van der Waals surface area (Å²) in [6.07, 6.45) is 1.02. The Balaban J connectivity index is 2.44. The van der Waals surface area contributed by atoms with Crippen molar-refractivity contribution < 1.29 is 5.11 Å². The molecule has 0 aliphatic heterocycles. The van der Waals surface area contributed by atoms with Crippen molar-refractivity contribution in [3.8, 4) is 0 Å². The van der Waals surface area contributed by atoms with Crippen LogP contribution in [0.3, 0.4) is 0 Å². The lowest BCUT2D eigenvalue weighted by molar-refractivity contribution is 0.415. The molecule has 1 unspecified atom stereocenters. The third-order valence-corrected chi connectivity index (χ3v) is 1.56. The summed E-state index contributed by atoms with van der Waals surface area (Å²) >= 11 is 0. The maximum atomic E-state index is 8.77. The van der Waals surface area contributed by atoms with Gasteiger partial charge in [-0.2, -0.15) is 0 Å². The number of allylic oxidation sites excluding steroid dienone is 2. The van der Waals surface area contributed by atoms with E-state index >= 15 is 0 Å². The molecule has 1 aliphatic rings. The minimum absolute atomic E-state index is 0.421. The van der Waals surface area contributed by atoms with Crippen LogP contribution >= 0.6 is 0 Å². The van der Waals surface area contributed by atoms with Crippen LogP contribution in [0.25, 0.3) is 0 Å². The highest BCUT2D eigenvalue weighted by Crippen LogP contribution is 2.38. The van der Waals surface area contributed by atoms with Gasteiger partial charge in [0.1, 0.15) is 0 Å². The normalized spacial score (nSPS) is 28.6. The van der Waals surface area contributed by atoms with Crippen molar-refractivity contribution in [1.29, 1.82) is 0 Å². The summed E-state index contributed by atoms with van der Waals surface area (Å²) in [5.41, 5.74) is 1.24. The second-order valence-electron chi connectivity index (χ2n) is 1.99. The Morgan fingerprint density at radius 1 is 1.71 bits per heavy atom. The third kappa shape index (κ3) is 0.521. The molecule has 1 atom stereocenters. The SMILES string of the molecule is CCC1=C(O)C1C. The molecule has 0 radical (unpaired) electrons. The number of aliphatic hydroxyl groups excluding tert-OH is 1. The predicted octanol–water partition coefficient (Wildman–Crippen LogP) is 1.86. The molecule has 40 valence electrons. The van der Waals surface area contributed by atoms with Crippen LogP contribution < -0.4 is 0 Å². The van der Waals surface area contributed by atoms with Crippen molar-refractivity contribution in [3.63, 3.8) is 0 Å². The van der Waals surface area contributed by atoms with Crippen molar-refractivity contribution >= 4 is 0 Å². The second kappa shape index (κ2) is 1.25. The van der Waals surface area contributed by atoms with Gasteiger partial charge in [0.2, 0.25) is 0 Å². The van der Waals surface area contributed by atoms with Crippen molar-refractivity contribution in [3.05, 3.63) is 11.3 Å². The molecule has 0 fully saturated rings. The first-order chi connectivity index (χ1) is 3.27. The Kier molecular flexibility index (Phi) is 0.841. The summed E-state index contributed by atoms with van der Waals surface area (Å²) < 4.78 is 0. The van der Waals surface area contributed by atoms with E-state index in [9.17, 15) is 0 Å². The van der Waals surface area contributed by atoms with E-state index in [4.69, 9.17) is 5.11 Å². The molecule has 0 spiro atoms. The molecule has 0 aromatic rings. The minimum atomic E-state index is 0.421. The number of hydrogen-bond acceptors (Lipinski definition) is 1. The lowest BCUT2D eigenvalue weighted by Crippen LogP contribution is -1.67. The van der Waals surface area contributed by atoms with Crippen molar-refractivity contribution in [2.24, 2.45) is 5.92 Å². The molecule has 0 bridgehead atoms. The molecule has 1 nitrogen and oxygen atoms in total. The molecule has 1 heteroatoms. The van der Waals surface area contributed by atoms with Crippen molar-refractivity contribution in [2.45, 2.75) is 20.3 Å². The van der Waals surface area contributed by atoms with Crippen LogP contribution in [0.1, 0.15) is 20.3 Å². The Labute approximate surface area is 43.7 Å². The lowest BCUT2D eigenvalue weighted by Gasteiger charge is -1.76. The first-order valence-electron chi connectivity index (χ1n) is 2.69. The summed E-state index contributed by atoms with van der Waals surface area (Å²) in [5, 5.41) is 8.77. The van der Waals surface area contributed by atoms with Gasteiger partial charge >= 0.3 is 0 Å². The maximum Gasteiger partial charge on any atom is 0.0991 e. The lowest BCUT2D eigenvalue weighted by atomic mass is 10.3. The number of hydrogen-bond donors (Lipinski definition) is 1. The quantitative estimate of drug-likeness (QED) is 0.530. The Morgan fingerprint density at radius 2 is 2.14 bits per heavy atom. The van der Waals surface area contributed by atoms with Gasteiger partial charge in [-0.1, -0.05) is 13.8 Å². The summed E-state index contributed by atoms with van der Waals surface area (Å²) in [6, 6.07) is 0. The third-order valence-electron chi connectivity index (χ3n) is 1.56. The van der Waals surface area contributed by atoms with Gasteiger partial charge in [-0.3, -0.25) is 0 Å². The van der Waals surface area contributed by atoms with E-state index in [-0.39, 0.29) is 0 Å². The smallest absolute Gasteiger partial charge is 0.0991 e. The molecular weight excluding hydrogens is 88.1 g/mol. The van der Waals surface area contributed by atoms with Gasteiger partial charge in [0.15, 0.2) is 0 Å². The van der Waals surface area contributed by atoms with Crippen LogP contribution in [0.2, 0.25) is 0 Å². The van der Waals surface area contributed by atoms with E-state index in [1.54, 1.807) is 0 Å².